The van der Waals surface area contributed by atoms with Crippen LogP contribution in [-0.2, 0) is 16.1 Å². The lowest BCUT2D eigenvalue weighted by Gasteiger charge is -2.08. The summed E-state index contributed by atoms with van der Waals surface area (Å²) >= 11 is 6.16. The number of ether oxygens (including phenoxy) is 2. The number of halogens is 1. The molecule has 4 rings (SSSR count). The van der Waals surface area contributed by atoms with Gasteiger partial charge in [-0.3, -0.25) is 10.1 Å². The molecule has 0 saturated heterocycles. The zero-order chi connectivity index (χ0) is 22.7. The van der Waals surface area contributed by atoms with Crippen LogP contribution in [0.3, 0.4) is 0 Å². The van der Waals surface area contributed by atoms with E-state index in [2.05, 4.69) is 4.99 Å². The zero-order valence-corrected chi connectivity index (χ0v) is 17.7. The van der Waals surface area contributed by atoms with Gasteiger partial charge in [0.25, 0.3) is 5.69 Å². The van der Waals surface area contributed by atoms with Gasteiger partial charge in [-0.25, -0.2) is 9.79 Å². The monoisotopic (exact) mass is 448 g/mol. The third-order valence-electron chi connectivity index (χ3n) is 4.77. The van der Waals surface area contributed by atoms with Gasteiger partial charge < -0.3 is 9.47 Å². The molecule has 3 aromatic carbocycles. The van der Waals surface area contributed by atoms with E-state index < -0.39 is 10.9 Å². The number of aliphatic imine (C=N–C) groups is 1. The molecule has 160 valence electrons. The van der Waals surface area contributed by atoms with Gasteiger partial charge in [0.05, 0.1) is 4.92 Å². The van der Waals surface area contributed by atoms with Gasteiger partial charge in [0.1, 0.15) is 12.4 Å². The summed E-state index contributed by atoms with van der Waals surface area (Å²) in [6.07, 6.45) is 1.59. The van der Waals surface area contributed by atoms with Crippen molar-refractivity contribution in [2.75, 3.05) is 0 Å². The van der Waals surface area contributed by atoms with Gasteiger partial charge >= 0.3 is 5.97 Å². The van der Waals surface area contributed by atoms with Gasteiger partial charge in [0, 0.05) is 27.8 Å². The molecule has 1 heterocycles. The van der Waals surface area contributed by atoms with E-state index in [1.165, 1.54) is 12.1 Å². The second kappa shape index (κ2) is 9.03. The van der Waals surface area contributed by atoms with Crippen LogP contribution >= 0.6 is 11.6 Å². The molecule has 0 saturated carbocycles. The van der Waals surface area contributed by atoms with E-state index >= 15 is 0 Å². The maximum absolute atomic E-state index is 12.3. The quantitative estimate of drug-likeness (QED) is 0.215. The smallest absolute Gasteiger partial charge is 0.363 e. The first kappa shape index (κ1) is 21.3. The van der Waals surface area contributed by atoms with Crippen molar-refractivity contribution in [3.63, 3.8) is 0 Å². The molecule has 7 nitrogen and oxygen atoms in total. The number of cyclic esters (lactones) is 1. The molecule has 8 heteroatoms. The van der Waals surface area contributed by atoms with Gasteiger partial charge in [-0.2, -0.15) is 0 Å². The Kier molecular flexibility index (Phi) is 6.00. The number of nitro groups is 1. The molecule has 0 bridgehead atoms. The summed E-state index contributed by atoms with van der Waals surface area (Å²) in [4.78, 5) is 27.1. The van der Waals surface area contributed by atoms with Gasteiger partial charge in [-0.15, -0.1) is 0 Å². The SMILES string of the molecule is Cc1cc(C2=N/C(=C\c3cccc(OCc4ccccc4Cl)c3)C(=O)O2)ccc1[N+](=O)[O-]. The number of hydrogen-bond acceptors (Lipinski definition) is 6. The third-order valence-corrected chi connectivity index (χ3v) is 5.14. The molecule has 0 amide bonds. The van der Waals surface area contributed by atoms with E-state index in [9.17, 15) is 14.9 Å². The van der Waals surface area contributed by atoms with Crippen LogP contribution in [0.25, 0.3) is 6.08 Å². The Labute approximate surface area is 188 Å². The highest BCUT2D eigenvalue weighted by Crippen LogP contribution is 2.25. The Balaban J connectivity index is 1.53. The summed E-state index contributed by atoms with van der Waals surface area (Å²) in [6, 6.07) is 19.1. The first-order chi connectivity index (χ1) is 15.4. The number of aryl methyl sites for hydroxylation is 1. The lowest BCUT2D eigenvalue weighted by Crippen LogP contribution is -2.06. The van der Waals surface area contributed by atoms with E-state index in [1.807, 2.05) is 24.3 Å². The van der Waals surface area contributed by atoms with Crippen LogP contribution in [0.5, 0.6) is 5.75 Å². The fraction of sp³-hybridized carbons (Fsp3) is 0.0833. The van der Waals surface area contributed by atoms with Crippen molar-refractivity contribution in [2.24, 2.45) is 4.99 Å². The number of nitrogens with zero attached hydrogens (tertiary/aromatic N) is 2. The van der Waals surface area contributed by atoms with Gasteiger partial charge in [-0.05, 0) is 48.9 Å². The molecule has 32 heavy (non-hydrogen) atoms. The van der Waals surface area contributed by atoms with E-state index in [1.54, 1.807) is 43.3 Å². The number of nitro benzene ring substituents is 1. The van der Waals surface area contributed by atoms with Crippen molar-refractivity contribution in [1.29, 1.82) is 0 Å². The molecule has 0 aliphatic carbocycles. The molecule has 0 radical (unpaired) electrons. The standard InChI is InChI=1S/C24H17ClN2O5/c1-15-11-17(9-10-22(15)27(29)30)23-26-21(24(28)32-23)13-16-5-4-7-19(12-16)31-14-18-6-2-3-8-20(18)25/h2-13H,14H2,1H3/b21-13-. The Morgan fingerprint density at radius 2 is 1.94 bits per heavy atom. The van der Waals surface area contributed by atoms with E-state index in [-0.39, 0.29) is 17.3 Å². The fourth-order valence-corrected chi connectivity index (χ4v) is 3.34. The fourth-order valence-electron chi connectivity index (χ4n) is 3.15. The van der Waals surface area contributed by atoms with Crippen molar-refractivity contribution in [1.82, 2.24) is 0 Å². The highest BCUT2D eigenvalue weighted by atomic mass is 35.5. The molecule has 0 fully saturated rings. The van der Waals surface area contributed by atoms with Crippen LogP contribution < -0.4 is 4.74 Å². The topological polar surface area (TPSA) is 91.0 Å². The van der Waals surface area contributed by atoms with E-state index in [0.29, 0.717) is 34.1 Å². The molecule has 0 aromatic heterocycles. The lowest BCUT2D eigenvalue weighted by molar-refractivity contribution is -0.385. The second-order valence-electron chi connectivity index (χ2n) is 7.05. The van der Waals surface area contributed by atoms with E-state index in [4.69, 9.17) is 21.1 Å². The average molecular weight is 449 g/mol. The minimum absolute atomic E-state index is 0.0111. The largest absolute Gasteiger partial charge is 0.489 e. The molecule has 0 N–H and O–H groups in total. The summed E-state index contributed by atoms with van der Waals surface area (Å²) in [6.45, 7) is 1.92. The second-order valence-corrected chi connectivity index (χ2v) is 7.45. The normalized spacial score (nSPS) is 14.2. The summed E-state index contributed by atoms with van der Waals surface area (Å²) < 4.78 is 11.1. The Morgan fingerprint density at radius 3 is 2.69 bits per heavy atom. The Morgan fingerprint density at radius 1 is 1.12 bits per heavy atom. The summed E-state index contributed by atoms with van der Waals surface area (Å²) in [5, 5.41) is 11.6. The minimum atomic E-state index is -0.599. The predicted molar refractivity (Wildman–Crippen MR) is 121 cm³/mol. The first-order valence-corrected chi connectivity index (χ1v) is 10.0. The third kappa shape index (κ3) is 4.68. The minimum Gasteiger partial charge on any atom is -0.489 e. The van der Waals surface area contributed by atoms with E-state index in [0.717, 1.165) is 5.56 Å². The van der Waals surface area contributed by atoms with Crippen LogP contribution in [0.2, 0.25) is 5.02 Å². The van der Waals surface area contributed by atoms with Gasteiger partial charge in [0.2, 0.25) is 5.90 Å². The van der Waals surface area contributed by atoms with Crippen molar-refractivity contribution in [3.05, 3.63) is 110 Å². The zero-order valence-electron chi connectivity index (χ0n) is 16.9. The molecule has 1 aliphatic heterocycles. The number of hydrogen-bond donors (Lipinski definition) is 0. The van der Waals surface area contributed by atoms with Crippen LogP contribution in [0.1, 0.15) is 22.3 Å². The number of esters is 1. The lowest BCUT2D eigenvalue weighted by atomic mass is 10.1. The highest BCUT2D eigenvalue weighted by molar-refractivity contribution is 6.31. The molecule has 1 aliphatic rings. The molecule has 0 atom stereocenters. The maximum atomic E-state index is 12.3. The number of carbonyl (C=O) groups is 1. The van der Waals surface area contributed by atoms with Crippen LogP contribution in [0.4, 0.5) is 5.69 Å². The van der Waals surface area contributed by atoms with Crippen LogP contribution in [-0.4, -0.2) is 16.8 Å². The molecular formula is C24H17ClN2O5. The molecule has 3 aromatic rings. The Hall–Kier alpha value is -3.97. The van der Waals surface area contributed by atoms with Crippen molar-refractivity contribution >= 4 is 35.2 Å². The predicted octanol–water partition coefficient (Wildman–Crippen LogP) is 5.48. The van der Waals surface area contributed by atoms with Crippen molar-refractivity contribution in [2.45, 2.75) is 13.5 Å². The maximum Gasteiger partial charge on any atom is 0.363 e. The van der Waals surface area contributed by atoms with Crippen molar-refractivity contribution in [3.8, 4) is 5.75 Å². The number of rotatable bonds is 6. The molecular weight excluding hydrogens is 432 g/mol. The molecule has 0 spiro atoms. The first-order valence-electron chi connectivity index (χ1n) is 9.65. The summed E-state index contributed by atoms with van der Waals surface area (Å²) in [5.41, 5.74) is 2.62. The average Bonchev–Trinajstić information content (AvgIpc) is 3.13. The van der Waals surface area contributed by atoms with Gasteiger partial charge in [-0.1, -0.05) is 41.9 Å². The van der Waals surface area contributed by atoms with Crippen LogP contribution in [0, 0.1) is 17.0 Å². The number of benzene rings is 3. The summed E-state index contributed by atoms with van der Waals surface area (Å²) in [5.74, 6) is 0.115. The molecule has 0 unspecified atom stereocenters. The van der Waals surface area contributed by atoms with Crippen molar-refractivity contribution < 1.29 is 19.2 Å². The highest BCUT2D eigenvalue weighted by Gasteiger charge is 2.25. The Bertz CT molecular complexity index is 1280. The summed E-state index contributed by atoms with van der Waals surface area (Å²) in [7, 11) is 0. The number of carbonyl (C=O) groups excluding carboxylic acids is 1. The van der Waals surface area contributed by atoms with Gasteiger partial charge in [0.15, 0.2) is 5.70 Å². The van der Waals surface area contributed by atoms with Crippen LogP contribution in [0.15, 0.2) is 77.4 Å².